The van der Waals surface area contributed by atoms with Gasteiger partial charge in [0.2, 0.25) is 0 Å². The minimum Gasteiger partial charge on any atom is -0.496 e. The van der Waals surface area contributed by atoms with Gasteiger partial charge in [0.1, 0.15) is 5.75 Å². The van der Waals surface area contributed by atoms with Gasteiger partial charge in [-0.05, 0) is 31.0 Å². The second kappa shape index (κ2) is 10.4. The number of rotatable bonds is 11. The van der Waals surface area contributed by atoms with Crippen molar-refractivity contribution in [2.45, 2.75) is 18.9 Å². The summed E-state index contributed by atoms with van der Waals surface area (Å²) in [7, 11) is 1.69. The van der Waals surface area contributed by atoms with Crippen LogP contribution in [0.15, 0.2) is 36.9 Å². The van der Waals surface area contributed by atoms with Gasteiger partial charge in [0.15, 0.2) is 0 Å². The van der Waals surface area contributed by atoms with E-state index >= 15 is 0 Å². The van der Waals surface area contributed by atoms with Gasteiger partial charge in [-0.2, -0.15) is 0 Å². The molecule has 0 aliphatic heterocycles. The van der Waals surface area contributed by atoms with Crippen molar-refractivity contribution in [2.24, 2.45) is 0 Å². The molecule has 1 aromatic rings. The molecule has 1 aromatic carbocycles. The lowest BCUT2D eigenvalue weighted by molar-refractivity contribution is 0.0496. The van der Waals surface area contributed by atoms with Gasteiger partial charge in [-0.15, -0.1) is 6.58 Å². The lowest BCUT2D eigenvalue weighted by Crippen LogP contribution is -2.31. The standard InChI is InChI=1S/C16H25NO3/c1-3-11-20-13-15(18)12-17-10-6-8-14-7-4-5-9-16(14)19-2/h3-5,7,9,15,17-18H,1,6,8,10-13H2,2H3/t15-/m0/s1. The molecule has 0 amide bonds. The van der Waals surface area contributed by atoms with Crippen LogP contribution in [0.25, 0.3) is 0 Å². The maximum atomic E-state index is 9.63. The second-order valence-corrected chi connectivity index (χ2v) is 4.60. The smallest absolute Gasteiger partial charge is 0.122 e. The minimum atomic E-state index is -0.471. The third-order valence-corrected chi connectivity index (χ3v) is 2.92. The maximum absolute atomic E-state index is 9.63. The summed E-state index contributed by atoms with van der Waals surface area (Å²) in [6.45, 7) is 5.77. The van der Waals surface area contributed by atoms with Crippen molar-refractivity contribution in [3.8, 4) is 5.75 Å². The molecular weight excluding hydrogens is 254 g/mol. The highest BCUT2D eigenvalue weighted by atomic mass is 16.5. The Morgan fingerprint density at radius 3 is 2.95 bits per heavy atom. The van der Waals surface area contributed by atoms with E-state index in [0.29, 0.717) is 19.8 Å². The average molecular weight is 279 g/mol. The van der Waals surface area contributed by atoms with Crippen LogP contribution >= 0.6 is 0 Å². The highest BCUT2D eigenvalue weighted by Crippen LogP contribution is 2.18. The van der Waals surface area contributed by atoms with Gasteiger partial charge in [-0.1, -0.05) is 24.3 Å². The Bertz CT molecular complexity index is 382. The Morgan fingerprint density at radius 2 is 2.20 bits per heavy atom. The fraction of sp³-hybridized carbons (Fsp3) is 0.500. The Balaban J connectivity index is 2.11. The van der Waals surface area contributed by atoms with Gasteiger partial charge in [0, 0.05) is 6.54 Å². The molecule has 0 spiro atoms. The van der Waals surface area contributed by atoms with E-state index in [1.54, 1.807) is 13.2 Å². The van der Waals surface area contributed by atoms with Gasteiger partial charge in [-0.3, -0.25) is 0 Å². The van der Waals surface area contributed by atoms with Crippen molar-refractivity contribution in [1.82, 2.24) is 5.32 Å². The first kappa shape index (κ1) is 16.7. The van der Waals surface area contributed by atoms with Gasteiger partial charge < -0.3 is 19.9 Å². The van der Waals surface area contributed by atoms with Crippen molar-refractivity contribution in [2.75, 3.05) is 33.4 Å². The third-order valence-electron chi connectivity index (χ3n) is 2.92. The quantitative estimate of drug-likeness (QED) is 0.479. The highest BCUT2D eigenvalue weighted by Gasteiger charge is 2.04. The highest BCUT2D eigenvalue weighted by molar-refractivity contribution is 5.33. The summed E-state index contributed by atoms with van der Waals surface area (Å²) in [5.41, 5.74) is 1.21. The molecule has 0 heterocycles. The average Bonchev–Trinajstić information content (AvgIpc) is 2.47. The van der Waals surface area contributed by atoms with Crippen LogP contribution < -0.4 is 10.1 Å². The molecule has 0 bridgehead atoms. The summed E-state index contributed by atoms with van der Waals surface area (Å²) < 4.78 is 10.5. The summed E-state index contributed by atoms with van der Waals surface area (Å²) in [5, 5.41) is 12.9. The zero-order valence-corrected chi connectivity index (χ0v) is 12.2. The lowest BCUT2D eigenvalue weighted by atomic mass is 10.1. The van der Waals surface area contributed by atoms with Crippen LogP contribution in [0, 0.1) is 0 Å². The molecule has 0 aliphatic rings. The fourth-order valence-corrected chi connectivity index (χ4v) is 1.93. The summed E-state index contributed by atoms with van der Waals surface area (Å²) >= 11 is 0. The number of methoxy groups -OCH3 is 1. The summed E-state index contributed by atoms with van der Waals surface area (Å²) in [4.78, 5) is 0. The predicted molar refractivity (Wildman–Crippen MR) is 81.2 cm³/mol. The van der Waals surface area contributed by atoms with Crippen molar-refractivity contribution in [3.05, 3.63) is 42.5 Å². The molecule has 0 radical (unpaired) electrons. The summed E-state index contributed by atoms with van der Waals surface area (Å²) in [5.74, 6) is 0.936. The summed E-state index contributed by atoms with van der Waals surface area (Å²) in [6.07, 6.45) is 3.16. The van der Waals surface area contributed by atoms with Crippen LogP contribution in [0.5, 0.6) is 5.75 Å². The molecule has 112 valence electrons. The van der Waals surface area contributed by atoms with Gasteiger partial charge >= 0.3 is 0 Å². The van der Waals surface area contributed by atoms with E-state index in [1.807, 2.05) is 18.2 Å². The van der Waals surface area contributed by atoms with E-state index in [-0.39, 0.29) is 0 Å². The van der Waals surface area contributed by atoms with E-state index in [2.05, 4.69) is 18.0 Å². The molecule has 0 saturated heterocycles. The van der Waals surface area contributed by atoms with Gasteiger partial charge in [0.25, 0.3) is 0 Å². The Kier molecular flexibility index (Phi) is 8.71. The van der Waals surface area contributed by atoms with Crippen LogP contribution in [0.2, 0.25) is 0 Å². The largest absolute Gasteiger partial charge is 0.496 e. The molecule has 1 rings (SSSR count). The van der Waals surface area contributed by atoms with E-state index in [9.17, 15) is 5.11 Å². The Labute approximate surface area is 121 Å². The molecule has 0 aromatic heterocycles. The second-order valence-electron chi connectivity index (χ2n) is 4.60. The first-order valence-corrected chi connectivity index (χ1v) is 6.97. The van der Waals surface area contributed by atoms with Crippen molar-refractivity contribution >= 4 is 0 Å². The van der Waals surface area contributed by atoms with Crippen molar-refractivity contribution in [1.29, 1.82) is 0 Å². The first-order chi connectivity index (χ1) is 9.77. The zero-order valence-electron chi connectivity index (χ0n) is 12.2. The molecule has 0 aliphatic carbocycles. The van der Waals surface area contributed by atoms with Gasteiger partial charge in [0.05, 0.1) is 26.4 Å². The number of benzene rings is 1. The van der Waals surface area contributed by atoms with E-state index in [4.69, 9.17) is 9.47 Å². The van der Waals surface area contributed by atoms with Crippen LogP contribution in [-0.4, -0.2) is 44.6 Å². The number of aliphatic hydroxyl groups is 1. The molecule has 4 nitrogen and oxygen atoms in total. The SMILES string of the molecule is C=CCOC[C@@H](O)CNCCCc1ccccc1OC. The number of nitrogens with one attached hydrogen (secondary N) is 1. The molecule has 1 atom stereocenters. The maximum Gasteiger partial charge on any atom is 0.122 e. The zero-order chi connectivity index (χ0) is 14.6. The van der Waals surface area contributed by atoms with Crippen molar-refractivity contribution in [3.63, 3.8) is 0 Å². The molecule has 20 heavy (non-hydrogen) atoms. The monoisotopic (exact) mass is 279 g/mol. The topological polar surface area (TPSA) is 50.7 Å². The molecule has 0 fully saturated rings. The number of hydrogen-bond donors (Lipinski definition) is 2. The third kappa shape index (κ3) is 6.70. The number of para-hydroxylation sites is 1. The van der Waals surface area contributed by atoms with Gasteiger partial charge in [-0.25, -0.2) is 0 Å². The predicted octanol–water partition coefficient (Wildman–Crippen LogP) is 1.78. The molecule has 2 N–H and O–H groups in total. The first-order valence-electron chi connectivity index (χ1n) is 6.97. The molecule has 0 unspecified atom stereocenters. The number of aliphatic hydroxyl groups excluding tert-OH is 1. The molecular formula is C16H25NO3. The Morgan fingerprint density at radius 1 is 1.40 bits per heavy atom. The molecule has 0 saturated carbocycles. The van der Waals surface area contributed by atoms with E-state index in [1.165, 1.54) is 5.56 Å². The number of aryl methyl sites for hydroxylation is 1. The number of hydrogen-bond acceptors (Lipinski definition) is 4. The number of ether oxygens (including phenoxy) is 2. The van der Waals surface area contributed by atoms with Crippen LogP contribution in [-0.2, 0) is 11.2 Å². The van der Waals surface area contributed by atoms with E-state index < -0.39 is 6.10 Å². The van der Waals surface area contributed by atoms with Crippen LogP contribution in [0.1, 0.15) is 12.0 Å². The fourth-order valence-electron chi connectivity index (χ4n) is 1.93. The lowest BCUT2D eigenvalue weighted by Gasteiger charge is -2.12. The Hall–Kier alpha value is -1.36. The minimum absolute atomic E-state index is 0.339. The van der Waals surface area contributed by atoms with Crippen LogP contribution in [0.3, 0.4) is 0 Å². The van der Waals surface area contributed by atoms with Crippen LogP contribution in [0.4, 0.5) is 0 Å². The normalized spacial score (nSPS) is 12.1. The summed E-state index contributed by atoms with van der Waals surface area (Å²) in [6, 6.07) is 8.05. The van der Waals surface area contributed by atoms with Crippen molar-refractivity contribution < 1.29 is 14.6 Å². The van der Waals surface area contributed by atoms with E-state index in [0.717, 1.165) is 25.1 Å². The molecule has 4 heteroatoms.